The zero-order valence-electron chi connectivity index (χ0n) is 15.0. The third-order valence-corrected chi connectivity index (χ3v) is 5.53. The SMILES string of the molecule is CCC(C)(C)CC(C)(C)C1C(=O)OC(=O)C1C(C)(C)CC. The highest BCUT2D eigenvalue weighted by Crippen LogP contribution is 2.52. The van der Waals surface area contributed by atoms with E-state index >= 15 is 0 Å². The molecule has 122 valence electrons. The second-order valence-electron chi connectivity index (χ2n) is 8.72. The van der Waals surface area contributed by atoms with Gasteiger partial charge in [-0.25, -0.2) is 0 Å². The van der Waals surface area contributed by atoms with Crippen LogP contribution in [0, 0.1) is 28.1 Å². The summed E-state index contributed by atoms with van der Waals surface area (Å²) in [5.41, 5.74) is -0.322. The molecule has 21 heavy (non-hydrogen) atoms. The normalized spacial score (nSPS) is 24.4. The van der Waals surface area contributed by atoms with Crippen LogP contribution in [0.4, 0.5) is 0 Å². The summed E-state index contributed by atoms with van der Waals surface area (Å²) < 4.78 is 5.03. The van der Waals surface area contributed by atoms with Gasteiger partial charge in [-0.15, -0.1) is 0 Å². The lowest BCUT2D eigenvalue weighted by molar-refractivity contribution is -0.155. The molecule has 0 aliphatic carbocycles. The molecule has 0 aromatic carbocycles. The van der Waals surface area contributed by atoms with Gasteiger partial charge in [0.25, 0.3) is 0 Å². The Morgan fingerprint density at radius 2 is 1.24 bits per heavy atom. The Hall–Kier alpha value is -0.860. The molecule has 0 spiro atoms. The standard InChI is InChI=1S/C18H32O3/c1-9-16(3,4)11-18(7,8)13-12(17(5,6)10-2)14(19)21-15(13)20/h12-13H,9-11H2,1-8H3. The number of ether oxygens (including phenoxy) is 1. The van der Waals surface area contributed by atoms with Crippen LogP contribution in [0.3, 0.4) is 0 Å². The topological polar surface area (TPSA) is 43.4 Å². The minimum absolute atomic E-state index is 0.149. The Kier molecular flexibility index (Phi) is 4.97. The molecular weight excluding hydrogens is 264 g/mol. The van der Waals surface area contributed by atoms with E-state index in [4.69, 9.17) is 4.74 Å². The summed E-state index contributed by atoms with van der Waals surface area (Å²) >= 11 is 0. The predicted molar refractivity (Wildman–Crippen MR) is 84.6 cm³/mol. The highest BCUT2D eigenvalue weighted by Gasteiger charge is 2.57. The van der Waals surface area contributed by atoms with Crippen LogP contribution in [0.1, 0.15) is 74.7 Å². The van der Waals surface area contributed by atoms with Crippen LogP contribution in [-0.2, 0) is 14.3 Å². The maximum atomic E-state index is 12.3. The molecule has 1 aliphatic heterocycles. The molecule has 0 saturated carbocycles. The summed E-state index contributed by atoms with van der Waals surface area (Å²) in [5.74, 6) is -1.34. The Labute approximate surface area is 129 Å². The molecule has 1 rings (SSSR count). The molecule has 1 saturated heterocycles. The average molecular weight is 296 g/mol. The van der Waals surface area contributed by atoms with Crippen LogP contribution >= 0.6 is 0 Å². The van der Waals surface area contributed by atoms with Gasteiger partial charge in [-0.1, -0.05) is 68.2 Å². The number of carbonyl (C=O) groups is 2. The molecular formula is C18H32O3. The Balaban J connectivity index is 3.17. The van der Waals surface area contributed by atoms with Crippen molar-refractivity contribution in [3.05, 3.63) is 0 Å². The van der Waals surface area contributed by atoms with E-state index in [2.05, 4.69) is 55.4 Å². The zero-order valence-corrected chi connectivity index (χ0v) is 15.0. The fourth-order valence-corrected chi connectivity index (χ4v) is 3.73. The summed E-state index contributed by atoms with van der Waals surface area (Å²) in [5, 5.41) is 0. The number of carbonyl (C=O) groups excluding carboxylic acids is 2. The number of esters is 2. The summed E-state index contributed by atoms with van der Waals surface area (Å²) in [7, 11) is 0. The van der Waals surface area contributed by atoms with Crippen molar-refractivity contribution >= 4 is 11.9 Å². The van der Waals surface area contributed by atoms with E-state index in [1.807, 2.05) is 0 Å². The van der Waals surface area contributed by atoms with Crippen molar-refractivity contribution in [3.8, 4) is 0 Å². The quantitative estimate of drug-likeness (QED) is 0.532. The Morgan fingerprint density at radius 1 is 0.810 bits per heavy atom. The summed E-state index contributed by atoms with van der Waals surface area (Å²) in [6.45, 7) is 17.0. The second kappa shape index (κ2) is 5.73. The fraction of sp³-hybridized carbons (Fsp3) is 0.889. The molecule has 0 bridgehead atoms. The zero-order chi connectivity index (χ0) is 16.6. The van der Waals surface area contributed by atoms with Gasteiger partial charge in [0.2, 0.25) is 0 Å². The average Bonchev–Trinajstić information content (AvgIpc) is 2.64. The summed E-state index contributed by atoms with van der Waals surface area (Å²) in [4.78, 5) is 24.6. The van der Waals surface area contributed by atoms with Gasteiger partial charge in [-0.2, -0.15) is 0 Å². The van der Waals surface area contributed by atoms with Crippen LogP contribution < -0.4 is 0 Å². The van der Waals surface area contributed by atoms with Crippen LogP contribution in [0.5, 0.6) is 0 Å². The molecule has 3 nitrogen and oxygen atoms in total. The van der Waals surface area contributed by atoms with Gasteiger partial charge in [0, 0.05) is 0 Å². The first-order valence-electron chi connectivity index (χ1n) is 8.13. The van der Waals surface area contributed by atoms with Gasteiger partial charge in [-0.05, 0) is 22.7 Å². The van der Waals surface area contributed by atoms with Crippen molar-refractivity contribution in [2.24, 2.45) is 28.1 Å². The fourth-order valence-electron chi connectivity index (χ4n) is 3.73. The lowest BCUT2D eigenvalue weighted by Gasteiger charge is -2.42. The molecule has 0 N–H and O–H groups in total. The number of hydrogen-bond acceptors (Lipinski definition) is 3. The second-order valence-corrected chi connectivity index (χ2v) is 8.72. The third-order valence-electron chi connectivity index (χ3n) is 5.53. The van der Waals surface area contributed by atoms with Crippen molar-refractivity contribution in [2.75, 3.05) is 0 Å². The van der Waals surface area contributed by atoms with E-state index < -0.39 is 0 Å². The van der Waals surface area contributed by atoms with Crippen molar-refractivity contribution in [3.63, 3.8) is 0 Å². The summed E-state index contributed by atoms with van der Waals surface area (Å²) in [6.07, 6.45) is 2.80. The lowest BCUT2D eigenvalue weighted by atomic mass is 9.59. The van der Waals surface area contributed by atoms with Gasteiger partial charge < -0.3 is 4.74 Å². The first kappa shape index (κ1) is 18.2. The van der Waals surface area contributed by atoms with E-state index in [-0.39, 0.29) is 40.0 Å². The summed E-state index contributed by atoms with van der Waals surface area (Å²) in [6, 6.07) is 0. The van der Waals surface area contributed by atoms with E-state index in [0.717, 1.165) is 19.3 Å². The van der Waals surface area contributed by atoms with E-state index in [0.29, 0.717) is 0 Å². The van der Waals surface area contributed by atoms with Crippen molar-refractivity contribution in [1.29, 1.82) is 0 Å². The molecule has 3 heteroatoms. The van der Waals surface area contributed by atoms with Crippen LogP contribution in [-0.4, -0.2) is 11.9 Å². The first-order valence-corrected chi connectivity index (χ1v) is 8.13. The van der Waals surface area contributed by atoms with Crippen LogP contribution in [0.2, 0.25) is 0 Å². The van der Waals surface area contributed by atoms with E-state index in [9.17, 15) is 9.59 Å². The van der Waals surface area contributed by atoms with Gasteiger partial charge in [0.05, 0.1) is 11.8 Å². The number of rotatable bonds is 6. The molecule has 2 atom stereocenters. The molecule has 0 radical (unpaired) electrons. The Morgan fingerprint density at radius 3 is 1.62 bits per heavy atom. The van der Waals surface area contributed by atoms with Gasteiger partial charge >= 0.3 is 11.9 Å². The maximum absolute atomic E-state index is 12.3. The minimum atomic E-state index is -0.342. The van der Waals surface area contributed by atoms with Crippen LogP contribution in [0.25, 0.3) is 0 Å². The Bertz CT molecular complexity index is 418. The molecule has 1 fully saturated rings. The molecule has 0 aromatic heterocycles. The van der Waals surface area contributed by atoms with E-state index in [1.165, 1.54) is 0 Å². The van der Waals surface area contributed by atoms with Gasteiger partial charge in [-0.3, -0.25) is 9.59 Å². The molecule has 0 amide bonds. The van der Waals surface area contributed by atoms with Gasteiger partial charge in [0.15, 0.2) is 0 Å². The number of cyclic esters (lactones) is 2. The maximum Gasteiger partial charge on any atom is 0.318 e. The smallest absolute Gasteiger partial charge is 0.318 e. The van der Waals surface area contributed by atoms with Crippen molar-refractivity contribution in [2.45, 2.75) is 74.7 Å². The van der Waals surface area contributed by atoms with E-state index in [1.54, 1.807) is 0 Å². The predicted octanol–water partition coefficient (Wildman–Crippen LogP) is 4.59. The third kappa shape index (κ3) is 3.67. The molecule has 0 aromatic rings. The molecule has 1 heterocycles. The highest BCUT2D eigenvalue weighted by atomic mass is 16.6. The molecule has 2 unspecified atom stereocenters. The van der Waals surface area contributed by atoms with Crippen molar-refractivity contribution < 1.29 is 14.3 Å². The minimum Gasteiger partial charge on any atom is -0.393 e. The monoisotopic (exact) mass is 296 g/mol. The highest BCUT2D eigenvalue weighted by molar-refractivity contribution is 5.97. The lowest BCUT2D eigenvalue weighted by Crippen LogP contribution is -2.42. The largest absolute Gasteiger partial charge is 0.393 e. The first-order chi connectivity index (χ1) is 9.38. The number of hydrogen-bond donors (Lipinski definition) is 0. The van der Waals surface area contributed by atoms with Gasteiger partial charge in [0.1, 0.15) is 0 Å². The molecule has 1 aliphatic rings. The van der Waals surface area contributed by atoms with Crippen molar-refractivity contribution in [1.82, 2.24) is 0 Å². The van der Waals surface area contributed by atoms with Crippen LogP contribution in [0.15, 0.2) is 0 Å².